The lowest BCUT2D eigenvalue weighted by molar-refractivity contribution is -0.334. The molecular formula is C13H13F6N3O. The van der Waals surface area contributed by atoms with Gasteiger partial charge in [0.2, 0.25) is 0 Å². The first-order valence-electron chi connectivity index (χ1n) is 6.62. The summed E-state index contributed by atoms with van der Waals surface area (Å²) in [5.74, 6) is 0. The number of carbonyl (C=O) groups is 1. The van der Waals surface area contributed by atoms with E-state index in [1.807, 2.05) is 0 Å². The zero-order valence-electron chi connectivity index (χ0n) is 11.7. The molecule has 4 nitrogen and oxygen atoms in total. The quantitative estimate of drug-likeness (QED) is 0.840. The van der Waals surface area contributed by atoms with Crippen LogP contribution < -0.4 is 5.32 Å². The standard InChI is InChI=1S/C13H13F6N3O/c14-12(15,16)11(13(17,18)19)3-5-22(8-11)10(23)21-7-9-2-1-4-20-6-9/h1-2,4,6H,3,5,7-8H2,(H,21,23). The molecule has 1 N–H and O–H groups in total. The van der Waals surface area contributed by atoms with Crippen molar-refractivity contribution in [1.82, 2.24) is 15.2 Å². The van der Waals surface area contributed by atoms with Crippen molar-refractivity contribution in [3.05, 3.63) is 30.1 Å². The number of hydrogen-bond acceptors (Lipinski definition) is 2. The number of amides is 2. The van der Waals surface area contributed by atoms with Crippen molar-refractivity contribution in [2.75, 3.05) is 13.1 Å². The van der Waals surface area contributed by atoms with Gasteiger partial charge in [0.05, 0.1) is 0 Å². The summed E-state index contributed by atoms with van der Waals surface area (Å²) in [6.45, 7) is -2.08. The van der Waals surface area contributed by atoms with Crippen molar-refractivity contribution in [2.24, 2.45) is 5.41 Å². The number of halogens is 6. The maximum absolute atomic E-state index is 12.9. The van der Waals surface area contributed by atoms with Crippen molar-refractivity contribution in [3.63, 3.8) is 0 Å². The Morgan fingerprint density at radius 1 is 1.26 bits per heavy atom. The van der Waals surface area contributed by atoms with Gasteiger partial charge in [0, 0.05) is 32.0 Å². The number of likely N-dealkylation sites (tertiary alicyclic amines) is 1. The zero-order valence-corrected chi connectivity index (χ0v) is 11.7. The topological polar surface area (TPSA) is 45.2 Å². The Kier molecular flexibility index (Phi) is 4.45. The van der Waals surface area contributed by atoms with Crippen LogP contribution in [0.2, 0.25) is 0 Å². The second-order valence-corrected chi connectivity index (χ2v) is 5.27. The summed E-state index contributed by atoms with van der Waals surface area (Å²) in [6.07, 6.45) is -9.21. The first-order chi connectivity index (χ1) is 10.6. The van der Waals surface area contributed by atoms with Crippen LogP contribution in [0, 0.1) is 5.41 Å². The Labute approximate surface area is 127 Å². The zero-order chi connectivity index (χ0) is 17.3. The summed E-state index contributed by atoms with van der Waals surface area (Å²) in [7, 11) is 0. The molecule has 23 heavy (non-hydrogen) atoms. The number of urea groups is 1. The molecule has 1 fully saturated rings. The van der Waals surface area contributed by atoms with Gasteiger partial charge in [0.15, 0.2) is 5.41 Å². The van der Waals surface area contributed by atoms with Crippen LogP contribution in [0.5, 0.6) is 0 Å². The fourth-order valence-electron chi connectivity index (χ4n) is 2.40. The number of nitrogens with zero attached hydrogens (tertiary/aromatic N) is 2. The Morgan fingerprint density at radius 2 is 1.91 bits per heavy atom. The van der Waals surface area contributed by atoms with Crippen LogP contribution in [0.15, 0.2) is 24.5 Å². The predicted molar refractivity (Wildman–Crippen MR) is 67.2 cm³/mol. The minimum absolute atomic E-state index is 0.0335. The molecule has 1 aromatic heterocycles. The van der Waals surface area contributed by atoms with E-state index >= 15 is 0 Å². The molecule has 2 heterocycles. The van der Waals surface area contributed by atoms with Crippen molar-refractivity contribution in [2.45, 2.75) is 25.3 Å². The second kappa shape index (κ2) is 5.89. The van der Waals surface area contributed by atoms with E-state index in [1.165, 1.54) is 12.4 Å². The normalized spacial score (nSPS) is 18.1. The SMILES string of the molecule is O=C(NCc1cccnc1)N1CCC(C(F)(F)F)(C(F)(F)F)C1. The minimum atomic E-state index is -5.47. The van der Waals surface area contributed by atoms with E-state index in [1.54, 1.807) is 12.1 Å². The van der Waals surface area contributed by atoms with Crippen molar-refractivity contribution in [3.8, 4) is 0 Å². The van der Waals surface area contributed by atoms with E-state index in [0.29, 0.717) is 10.5 Å². The average Bonchev–Trinajstić information content (AvgIpc) is 2.92. The summed E-state index contributed by atoms with van der Waals surface area (Å²) >= 11 is 0. The van der Waals surface area contributed by atoms with Crippen molar-refractivity contribution >= 4 is 6.03 Å². The van der Waals surface area contributed by atoms with Gasteiger partial charge in [0.25, 0.3) is 0 Å². The minimum Gasteiger partial charge on any atom is -0.334 e. The molecule has 0 atom stereocenters. The molecule has 128 valence electrons. The predicted octanol–water partition coefficient (Wildman–Crippen LogP) is 3.11. The van der Waals surface area contributed by atoms with Crippen LogP contribution in [0.25, 0.3) is 0 Å². The first-order valence-corrected chi connectivity index (χ1v) is 6.62. The lowest BCUT2D eigenvalue weighted by atomic mass is 9.85. The Hall–Kier alpha value is -2.00. The van der Waals surface area contributed by atoms with Gasteiger partial charge in [-0.2, -0.15) is 26.3 Å². The molecule has 1 saturated heterocycles. The molecule has 0 aliphatic carbocycles. The summed E-state index contributed by atoms with van der Waals surface area (Å²) in [4.78, 5) is 16.1. The number of hydrogen-bond donors (Lipinski definition) is 1. The Bertz CT molecular complexity index is 543. The molecule has 0 saturated carbocycles. The molecule has 1 aliphatic rings. The third-order valence-corrected chi connectivity index (χ3v) is 3.81. The molecule has 0 unspecified atom stereocenters. The molecule has 0 radical (unpaired) electrons. The van der Waals surface area contributed by atoms with Gasteiger partial charge < -0.3 is 10.2 Å². The van der Waals surface area contributed by atoms with Gasteiger partial charge >= 0.3 is 18.4 Å². The third kappa shape index (κ3) is 3.35. The van der Waals surface area contributed by atoms with Gasteiger partial charge in [-0.15, -0.1) is 0 Å². The van der Waals surface area contributed by atoms with E-state index in [4.69, 9.17) is 0 Å². The maximum atomic E-state index is 12.9. The molecule has 1 aliphatic heterocycles. The number of rotatable bonds is 2. The van der Waals surface area contributed by atoms with Crippen LogP contribution in [-0.2, 0) is 6.54 Å². The average molecular weight is 341 g/mol. The maximum Gasteiger partial charge on any atom is 0.404 e. The van der Waals surface area contributed by atoms with Crippen LogP contribution in [0.4, 0.5) is 31.1 Å². The van der Waals surface area contributed by atoms with Gasteiger partial charge in [-0.25, -0.2) is 4.79 Å². The highest BCUT2D eigenvalue weighted by Crippen LogP contribution is 2.55. The van der Waals surface area contributed by atoms with Gasteiger partial charge in [-0.05, 0) is 18.1 Å². The lowest BCUT2D eigenvalue weighted by Gasteiger charge is -2.33. The van der Waals surface area contributed by atoms with E-state index in [0.717, 1.165) is 0 Å². The van der Waals surface area contributed by atoms with E-state index in [2.05, 4.69) is 10.3 Å². The van der Waals surface area contributed by atoms with E-state index in [-0.39, 0.29) is 6.54 Å². The third-order valence-electron chi connectivity index (χ3n) is 3.81. The summed E-state index contributed by atoms with van der Waals surface area (Å²) in [5.41, 5.74) is -3.29. The number of pyridine rings is 1. The Balaban J connectivity index is 2.04. The summed E-state index contributed by atoms with van der Waals surface area (Å²) < 4.78 is 77.5. The summed E-state index contributed by atoms with van der Waals surface area (Å²) in [5, 5.41) is 2.29. The Morgan fingerprint density at radius 3 is 2.39 bits per heavy atom. The molecule has 2 amide bonds. The smallest absolute Gasteiger partial charge is 0.334 e. The highest BCUT2D eigenvalue weighted by atomic mass is 19.4. The van der Waals surface area contributed by atoms with Crippen LogP contribution >= 0.6 is 0 Å². The largest absolute Gasteiger partial charge is 0.404 e. The highest BCUT2D eigenvalue weighted by molar-refractivity contribution is 5.74. The molecular weight excluding hydrogens is 328 g/mol. The monoisotopic (exact) mass is 341 g/mol. The number of alkyl halides is 6. The first kappa shape index (κ1) is 17.4. The molecule has 2 rings (SSSR count). The number of nitrogens with one attached hydrogen (secondary N) is 1. The second-order valence-electron chi connectivity index (χ2n) is 5.27. The van der Waals surface area contributed by atoms with Crippen LogP contribution in [0.1, 0.15) is 12.0 Å². The van der Waals surface area contributed by atoms with Gasteiger partial charge in [-0.3, -0.25) is 4.98 Å². The van der Waals surface area contributed by atoms with E-state index in [9.17, 15) is 31.1 Å². The highest BCUT2D eigenvalue weighted by Gasteiger charge is 2.72. The molecule has 0 bridgehead atoms. The number of carbonyl (C=O) groups excluding carboxylic acids is 1. The van der Waals surface area contributed by atoms with Gasteiger partial charge in [0.1, 0.15) is 0 Å². The number of aromatic nitrogens is 1. The van der Waals surface area contributed by atoms with Gasteiger partial charge in [-0.1, -0.05) is 6.07 Å². The van der Waals surface area contributed by atoms with Crippen LogP contribution in [0.3, 0.4) is 0 Å². The molecule has 0 spiro atoms. The molecule has 0 aromatic carbocycles. The molecule has 10 heteroatoms. The summed E-state index contributed by atoms with van der Waals surface area (Å²) in [6, 6.07) is 2.24. The fourth-order valence-corrected chi connectivity index (χ4v) is 2.40. The fraction of sp³-hybridized carbons (Fsp3) is 0.538. The molecule has 1 aromatic rings. The van der Waals surface area contributed by atoms with Crippen molar-refractivity contribution < 1.29 is 31.1 Å². The van der Waals surface area contributed by atoms with Crippen LogP contribution in [-0.4, -0.2) is 41.4 Å². The van der Waals surface area contributed by atoms with E-state index < -0.39 is 43.3 Å². The lowest BCUT2D eigenvalue weighted by Crippen LogP contribution is -2.52. The van der Waals surface area contributed by atoms with Crippen molar-refractivity contribution in [1.29, 1.82) is 0 Å².